The summed E-state index contributed by atoms with van der Waals surface area (Å²) < 4.78 is 44.3. The van der Waals surface area contributed by atoms with E-state index in [-0.39, 0.29) is 82.3 Å². The molecule has 20 heteroatoms. The van der Waals surface area contributed by atoms with Gasteiger partial charge >= 0.3 is 6.01 Å². The number of anilines is 2. The zero-order chi connectivity index (χ0) is 56.9. The molecule has 2 amide bonds. The summed E-state index contributed by atoms with van der Waals surface area (Å²) in [6.07, 6.45) is 12.9. The number of pyridine rings is 1. The van der Waals surface area contributed by atoms with Crippen LogP contribution in [0, 0.1) is 48.7 Å². The van der Waals surface area contributed by atoms with Crippen molar-refractivity contribution in [3.63, 3.8) is 0 Å². The van der Waals surface area contributed by atoms with Crippen molar-refractivity contribution in [3.05, 3.63) is 101 Å². The number of hydrogen-bond acceptors (Lipinski definition) is 16. The number of fused-ring (bicyclic) bond motifs is 4. The van der Waals surface area contributed by atoms with Gasteiger partial charge < -0.3 is 44.8 Å². The van der Waals surface area contributed by atoms with Crippen LogP contribution in [0.25, 0.3) is 43.4 Å². The summed E-state index contributed by atoms with van der Waals surface area (Å²) in [5.41, 5.74) is 4.81. The van der Waals surface area contributed by atoms with Crippen LogP contribution in [0.15, 0.2) is 70.8 Å². The number of piperidine rings is 2. The van der Waals surface area contributed by atoms with Gasteiger partial charge in [-0.3, -0.25) is 19.5 Å². The number of aryl methyl sites for hydroxylation is 1. The van der Waals surface area contributed by atoms with Gasteiger partial charge in [0.2, 0.25) is 11.8 Å². The number of phenolic OH excluding ortho intramolecular Hbond substituents is 1. The third-order valence-electron chi connectivity index (χ3n) is 17.8. The van der Waals surface area contributed by atoms with Gasteiger partial charge in [0.15, 0.2) is 17.4 Å². The molecule has 2 bridgehead atoms. The van der Waals surface area contributed by atoms with Gasteiger partial charge in [-0.2, -0.15) is 9.97 Å². The minimum Gasteiger partial charge on any atom is -0.508 e. The second kappa shape index (κ2) is 23.1. The molecule has 0 radical (unpaired) electrons. The van der Waals surface area contributed by atoms with Crippen molar-refractivity contribution in [1.82, 2.24) is 45.5 Å². The van der Waals surface area contributed by atoms with E-state index in [0.29, 0.717) is 65.7 Å². The van der Waals surface area contributed by atoms with E-state index in [0.717, 1.165) is 92.9 Å². The number of amides is 2. The molecule has 6 atom stereocenters. The first-order valence-corrected chi connectivity index (χ1v) is 29.7. The number of phenols is 1. The smallest absolute Gasteiger partial charge is 0.319 e. The Labute approximate surface area is 479 Å². The molecule has 7 aromatic rings. The first-order chi connectivity index (χ1) is 39.7. The molecule has 0 saturated carbocycles. The summed E-state index contributed by atoms with van der Waals surface area (Å²) in [6, 6.07) is 14.9. The second-order valence-electron chi connectivity index (χ2n) is 23.4. The normalized spacial score (nSPS) is 21.5. The van der Waals surface area contributed by atoms with Crippen molar-refractivity contribution in [3.8, 4) is 45.8 Å². The number of carbonyl (C=O) groups excluding carboxylic acids is 2. The number of hydrogen-bond donors (Lipinski definition) is 4. The number of nitrogens with zero attached hydrogens (tertiary/aromatic N) is 9. The highest BCUT2D eigenvalue weighted by molar-refractivity contribution is 7.13. The maximum absolute atomic E-state index is 17.0. The Morgan fingerprint density at radius 3 is 2.44 bits per heavy atom. The number of benzene rings is 3. The Kier molecular flexibility index (Phi) is 15.6. The summed E-state index contributed by atoms with van der Waals surface area (Å²) in [4.78, 5) is 56.2. The summed E-state index contributed by atoms with van der Waals surface area (Å²) in [7, 11) is 0. The minimum absolute atomic E-state index is 0.0179. The molecule has 4 aromatic heterocycles. The zero-order valence-electron chi connectivity index (χ0n) is 46.7. The quantitative estimate of drug-likeness (QED) is 0.0670. The minimum atomic E-state index is -0.824. The van der Waals surface area contributed by atoms with Gasteiger partial charge in [0.25, 0.3) is 0 Å². The van der Waals surface area contributed by atoms with E-state index < -0.39 is 29.7 Å². The Morgan fingerprint density at radius 2 is 1.74 bits per heavy atom. The van der Waals surface area contributed by atoms with E-state index in [9.17, 15) is 19.8 Å². The summed E-state index contributed by atoms with van der Waals surface area (Å²) in [5.74, 6) is 2.38. The standard InChI is InChI=1S/C62H69F2N11O6S/c1-6-46-49(63)12-11-41-24-44(76)26-47(54(41)46)56-55(64)57-48(30-66-56)59(74-31-42-25-43(74)29-65-42)70-62(69-57)80-22-21-72-17-13-37(14-18-72)23-38-15-19-73(20-16-38)52-28-51(81-71-52)53(34(2)3)61(79)75-32-45(77)27-50(75)60(78)68-35(4)39-7-9-40(10-8-39)58-36(5)67-33-82-58/h1,7-12,24,26,28,30,33-35,37-38,42-43,45,50,53,65,76-77H,13-23,25,27,29,31-32H2,2-5H3,(H,68,78)/t35-,42-,43-,45+,50-,53+/m0/s1. The van der Waals surface area contributed by atoms with Gasteiger partial charge in [-0.05, 0) is 118 Å². The highest BCUT2D eigenvalue weighted by Crippen LogP contribution is 2.41. The predicted molar refractivity (Wildman–Crippen MR) is 311 cm³/mol. The number of piperazine rings is 1. The first-order valence-electron chi connectivity index (χ1n) is 28.8. The van der Waals surface area contributed by atoms with E-state index in [1.54, 1.807) is 17.5 Å². The van der Waals surface area contributed by atoms with Crippen LogP contribution >= 0.6 is 11.3 Å². The molecule has 12 rings (SSSR count). The number of aliphatic hydroxyl groups excluding tert-OH is 1. The Balaban J connectivity index is 0.635. The molecule has 17 nitrogen and oxygen atoms in total. The summed E-state index contributed by atoms with van der Waals surface area (Å²) in [6.45, 7) is 13.9. The molecule has 0 spiro atoms. The molecule has 0 unspecified atom stereocenters. The van der Waals surface area contributed by atoms with Crippen LogP contribution in [0.1, 0.15) is 100 Å². The zero-order valence-corrected chi connectivity index (χ0v) is 47.5. The van der Waals surface area contributed by atoms with Crippen LogP contribution in [0.5, 0.6) is 11.8 Å². The third-order valence-corrected chi connectivity index (χ3v) is 18.7. The third kappa shape index (κ3) is 11.0. The van der Waals surface area contributed by atoms with Crippen LogP contribution in [-0.2, 0) is 9.59 Å². The lowest BCUT2D eigenvalue weighted by Gasteiger charge is -2.36. The molecule has 5 aliphatic rings. The number of aliphatic hydroxyl groups is 1. The van der Waals surface area contributed by atoms with Gasteiger partial charge in [0, 0.05) is 81.0 Å². The number of rotatable bonds is 16. The molecule has 5 aliphatic heterocycles. The van der Waals surface area contributed by atoms with Crippen LogP contribution in [0.4, 0.5) is 20.4 Å². The van der Waals surface area contributed by atoms with E-state index in [1.165, 1.54) is 29.2 Å². The van der Waals surface area contributed by atoms with Crippen molar-refractivity contribution in [2.45, 2.75) is 109 Å². The predicted octanol–water partition coefficient (Wildman–Crippen LogP) is 8.76. The summed E-state index contributed by atoms with van der Waals surface area (Å²) in [5, 5.41) is 33.8. The van der Waals surface area contributed by atoms with Crippen LogP contribution in [-0.4, -0.2) is 140 Å². The van der Waals surface area contributed by atoms with Crippen LogP contribution in [0.3, 0.4) is 0 Å². The summed E-state index contributed by atoms with van der Waals surface area (Å²) >= 11 is 1.59. The van der Waals surface area contributed by atoms with Gasteiger partial charge in [-0.1, -0.05) is 55.3 Å². The Bertz CT molecular complexity index is 3560. The molecule has 5 saturated heterocycles. The van der Waals surface area contributed by atoms with Gasteiger partial charge in [0.05, 0.1) is 39.2 Å². The number of thiazole rings is 1. The SMILES string of the molecule is C#Cc1c(F)ccc2cc(O)cc(-c3ncc4c(N5C[C@@H]6C[C@H]5CN6)nc(OCCN5CCC(CC6CCN(c7cc([C@H](C(=O)N8C[C@H](O)C[C@H]8C(=O)N[C@@H](C)c8ccc(-c9scnc9C)cc8)C(C)C)on7)CC6)CC5)nc4c3F)c12. The number of aromatic hydroxyl groups is 1. The van der Waals surface area contributed by atoms with Gasteiger partial charge in [-0.25, -0.2) is 13.8 Å². The van der Waals surface area contributed by atoms with Gasteiger partial charge in [0.1, 0.15) is 47.2 Å². The number of nitrogens with one attached hydrogen (secondary N) is 2. The van der Waals surface area contributed by atoms with E-state index in [4.69, 9.17) is 20.7 Å². The van der Waals surface area contributed by atoms with Crippen molar-refractivity contribution in [2.75, 3.05) is 68.8 Å². The fraction of sp³-hybridized carbons (Fsp3) is 0.468. The number of carbonyl (C=O) groups is 2. The molecular weight excluding hydrogens is 1060 g/mol. The number of terminal acetylenes is 1. The Hall–Kier alpha value is -7.31. The fourth-order valence-corrected chi connectivity index (χ4v) is 14.1. The Morgan fingerprint density at radius 1 is 0.976 bits per heavy atom. The fourth-order valence-electron chi connectivity index (χ4n) is 13.3. The van der Waals surface area contributed by atoms with Crippen molar-refractivity contribution >= 4 is 56.5 Å². The van der Waals surface area contributed by atoms with E-state index in [1.807, 2.05) is 63.5 Å². The lowest BCUT2D eigenvalue weighted by Crippen LogP contribution is -2.48. The molecule has 3 aromatic carbocycles. The molecule has 5 fully saturated rings. The lowest BCUT2D eigenvalue weighted by atomic mass is 9.83. The number of likely N-dealkylation sites (tertiary alicyclic amines) is 2. The maximum atomic E-state index is 17.0. The first kappa shape index (κ1) is 55.2. The number of β-amino-alcohol motifs (C(OH)–C–C–N with tert-alkyl or cyclic N) is 1. The average Bonchev–Trinajstić information content (AvgIpc) is 3.88. The van der Waals surface area contributed by atoms with Gasteiger partial charge in [-0.15, -0.1) is 17.8 Å². The monoisotopic (exact) mass is 1130 g/mol. The van der Waals surface area contributed by atoms with E-state index >= 15 is 8.78 Å². The lowest BCUT2D eigenvalue weighted by molar-refractivity contribution is -0.141. The second-order valence-corrected chi connectivity index (χ2v) is 24.3. The van der Waals surface area contributed by atoms with Crippen molar-refractivity contribution in [1.29, 1.82) is 0 Å². The highest BCUT2D eigenvalue weighted by atomic mass is 32.1. The largest absolute Gasteiger partial charge is 0.508 e. The number of ether oxygens (including phenoxy) is 1. The molecule has 0 aliphatic carbocycles. The molecule has 9 heterocycles. The van der Waals surface area contributed by atoms with Crippen LogP contribution < -0.4 is 25.2 Å². The van der Waals surface area contributed by atoms with Crippen LogP contribution in [0.2, 0.25) is 0 Å². The highest BCUT2D eigenvalue weighted by Gasteiger charge is 2.44. The average molecular weight is 1130 g/mol. The number of aromatic nitrogens is 5. The van der Waals surface area contributed by atoms with Crippen molar-refractivity contribution < 1.29 is 37.8 Å². The molecule has 428 valence electrons. The topological polar surface area (TPSA) is 198 Å². The van der Waals surface area contributed by atoms with Crippen molar-refractivity contribution in [2.24, 2.45) is 17.8 Å². The molecular formula is C62H69F2N11O6S. The molecule has 4 N–H and O–H groups in total. The maximum Gasteiger partial charge on any atom is 0.319 e. The van der Waals surface area contributed by atoms with E-state index in [2.05, 4.69) is 51.4 Å². The molecule has 82 heavy (non-hydrogen) atoms. The number of halogens is 2.